The Bertz CT molecular complexity index is 428. The molecule has 0 atom stereocenters. The molecule has 1 N–H and O–H groups in total. The summed E-state index contributed by atoms with van der Waals surface area (Å²) < 4.78 is 1.86. The molecule has 1 aromatic heterocycles. The first kappa shape index (κ1) is 11.9. The Labute approximate surface area is 95.6 Å². The lowest BCUT2D eigenvalue weighted by Crippen LogP contribution is -2.26. The lowest BCUT2D eigenvalue weighted by Gasteiger charge is -2.05. The summed E-state index contributed by atoms with van der Waals surface area (Å²) in [6, 6.07) is 0. The van der Waals surface area contributed by atoms with Crippen LogP contribution in [0.3, 0.4) is 0 Å². The highest BCUT2D eigenvalue weighted by Gasteiger charge is 2.06. The molecule has 0 saturated carbocycles. The highest BCUT2D eigenvalue weighted by atomic mass is 79.9. The Morgan fingerprint density at radius 2 is 2.33 bits per heavy atom. The van der Waals surface area contributed by atoms with E-state index in [0.717, 1.165) is 0 Å². The van der Waals surface area contributed by atoms with Crippen molar-refractivity contribution in [2.75, 3.05) is 7.05 Å². The van der Waals surface area contributed by atoms with Gasteiger partial charge in [0.2, 0.25) is 5.91 Å². The van der Waals surface area contributed by atoms with Gasteiger partial charge in [0.15, 0.2) is 0 Å². The minimum absolute atomic E-state index is 0.0985. The maximum absolute atomic E-state index is 11.6. The average molecular weight is 274 g/mol. The quantitative estimate of drug-likeness (QED) is 0.870. The molecule has 1 amide bonds. The molecule has 0 radical (unpaired) electrons. The minimum Gasteiger partial charge on any atom is -0.359 e. The fourth-order valence-corrected chi connectivity index (χ4v) is 1.38. The number of nitrogens with zero attached hydrogens (tertiary/aromatic N) is 2. The first-order chi connectivity index (χ1) is 7.06. The fraction of sp³-hybridized carbons (Fsp3) is 0.444. The molecule has 0 bridgehead atoms. The van der Waals surface area contributed by atoms with Gasteiger partial charge in [0.1, 0.15) is 4.47 Å². The molecule has 15 heavy (non-hydrogen) atoms. The summed E-state index contributed by atoms with van der Waals surface area (Å²) in [6.07, 6.45) is 1.72. The zero-order valence-corrected chi connectivity index (χ0v) is 10.2. The van der Waals surface area contributed by atoms with Gasteiger partial charge in [-0.25, -0.2) is 4.98 Å². The SMILES string of the molecule is CNC(=O)CCn1cnc(C)c(Br)c1=O. The van der Waals surface area contributed by atoms with Crippen molar-refractivity contribution in [3.63, 3.8) is 0 Å². The third kappa shape index (κ3) is 2.89. The molecule has 0 saturated heterocycles. The molecule has 0 aliphatic carbocycles. The summed E-state index contributed by atoms with van der Waals surface area (Å²) in [5, 5.41) is 2.49. The summed E-state index contributed by atoms with van der Waals surface area (Å²) in [5.74, 6) is -0.0985. The maximum atomic E-state index is 11.6. The highest BCUT2D eigenvalue weighted by molar-refractivity contribution is 9.10. The molecule has 0 aliphatic heterocycles. The number of halogens is 1. The van der Waals surface area contributed by atoms with Gasteiger partial charge in [0.05, 0.1) is 12.0 Å². The molecular weight excluding hydrogens is 262 g/mol. The smallest absolute Gasteiger partial charge is 0.267 e. The van der Waals surface area contributed by atoms with Crippen LogP contribution in [-0.4, -0.2) is 22.5 Å². The van der Waals surface area contributed by atoms with E-state index in [4.69, 9.17) is 0 Å². The molecule has 6 heteroatoms. The van der Waals surface area contributed by atoms with E-state index in [0.29, 0.717) is 16.7 Å². The third-order valence-electron chi connectivity index (χ3n) is 2.02. The van der Waals surface area contributed by atoms with Crippen molar-refractivity contribution >= 4 is 21.8 Å². The molecule has 0 spiro atoms. The van der Waals surface area contributed by atoms with Gasteiger partial charge < -0.3 is 5.32 Å². The van der Waals surface area contributed by atoms with E-state index < -0.39 is 0 Å². The van der Waals surface area contributed by atoms with Crippen LogP contribution < -0.4 is 10.9 Å². The van der Waals surface area contributed by atoms with Crippen molar-refractivity contribution in [2.24, 2.45) is 0 Å². The summed E-state index contributed by atoms with van der Waals surface area (Å²) in [7, 11) is 1.56. The second-order valence-electron chi connectivity index (χ2n) is 3.07. The van der Waals surface area contributed by atoms with Crippen molar-refractivity contribution in [3.05, 3.63) is 26.8 Å². The van der Waals surface area contributed by atoms with Crippen molar-refractivity contribution in [2.45, 2.75) is 19.9 Å². The Morgan fingerprint density at radius 3 is 2.93 bits per heavy atom. The van der Waals surface area contributed by atoms with Crippen LogP contribution >= 0.6 is 15.9 Å². The van der Waals surface area contributed by atoms with E-state index in [-0.39, 0.29) is 17.9 Å². The maximum Gasteiger partial charge on any atom is 0.267 e. The van der Waals surface area contributed by atoms with Crippen molar-refractivity contribution in [3.8, 4) is 0 Å². The molecule has 1 aromatic rings. The zero-order valence-electron chi connectivity index (χ0n) is 8.58. The van der Waals surface area contributed by atoms with Crippen LogP contribution in [0.25, 0.3) is 0 Å². The molecular formula is C9H12BrN3O2. The van der Waals surface area contributed by atoms with Gasteiger partial charge in [-0.2, -0.15) is 0 Å². The topological polar surface area (TPSA) is 64.0 Å². The molecule has 1 heterocycles. The largest absolute Gasteiger partial charge is 0.359 e. The number of amides is 1. The van der Waals surface area contributed by atoms with E-state index in [2.05, 4.69) is 26.2 Å². The first-order valence-corrected chi connectivity index (χ1v) is 5.27. The number of aryl methyl sites for hydroxylation is 2. The Morgan fingerprint density at radius 1 is 1.67 bits per heavy atom. The van der Waals surface area contributed by atoms with Crippen LogP contribution in [-0.2, 0) is 11.3 Å². The second kappa shape index (κ2) is 5.06. The number of carbonyl (C=O) groups excluding carboxylic acids is 1. The van der Waals surface area contributed by atoms with Gasteiger partial charge in [-0.1, -0.05) is 0 Å². The third-order valence-corrected chi connectivity index (χ3v) is 2.93. The van der Waals surface area contributed by atoms with Gasteiger partial charge >= 0.3 is 0 Å². The minimum atomic E-state index is -0.161. The van der Waals surface area contributed by atoms with Gasteiger partial charge in [0, 0.05) is 20.0 Å². The standard InChI is InChI=1S/C9H12BrN3O2/c1-6-8(10)9(15)13(5-12-6)4-3-7(14)11-2/h5H,3-4H2,1-2H3,(H,11,14). The van der Waals surface area contributed by atoms with Gasteiger partial charge in [-0.05, 0) is 22.9 Å². The fourth-order valence-electron chi connectivity index (χ4n) is 1.05. The zero-order chi connectivity index (χ0) is 11.4. The number of carbonyl (C=O) groups is 1. The van der Waals surface area contributed by atoms with Crippen LogP contribution in [0, 0.1) is 6.92 Å². The Hall–Kier alpha value is -1.17. The first-order valence-electron chi connectivity index (χ1n) is 4.48. The number of hydrogen-bond donors (Lipinski definition) is 1. The highest BCUT2D eigenvalue weighted by Crippen LogP contribution is 2.06. The second-order valence-corrected chi connectivity index (χ2v) is 3.86. The van der Waals surface area contributed by atoms with E-state index in [1.54, 1.807) is 14.0 Å². The van der Waals surface area contributed by atoms with Gasteiger partial charge in [0.25, 0.3) is 5.56 Å². The van der Waals surface area contributed by atoms with Gasteiger partial charge in [-0.15, -0.1) is 0 Å². The predicted molar refractivity (Wildman–Crippen MR) is 59.6 cm³/mol. The van der Waals surface area contributed by atoms with Crippen molar-refractivity contribution in [1.82, 2.24) is 14.9 Å². The number of rotatable bonds is 3. The van der Waals surface area contributed by atoms with Crippen LogP contribution in [0.5, 0.6) is 0 Å². The molecule has 1 rings (SSSR count). The molecule has 82 valence electrons. The van der Waals surface area contributed by atoms with E-state index in [9.17, 15) is 9.59 Å². The van der Waals surface area contributed by atoms with E-state index in [1.165, 1.54) is 10.9 Å². The number of aromatic nitrogens is 2. The average Bonchev–Trinajstić information content (AvgIpc) is 2.24. The summed E-state index contributed by atoms with van der Waals surface area (Å²) >= 11 is 3.16. The van der Waals surface area contributed by atoms with Crippen LogP contribution in [0.4, 0.5) is 0 Å². The lowest BCUT2D eigenvalue weighted by molar-refractivity contribution is -0.120. The predicted octanol–water partition coefficient (Wildman–Crippen LogP) is 0.450. The summed E-state index contributed by atoms with van der Waals surface area (Å²) in [4.78, 5) is 26.7. The van der Waals surface area contributed by atoms with Crippen molar-refractivity contribution in [1.29, 1.82) is 0 Å². The summed E-state index contributed by atoms with van der Waals surface area (Å²) in [5.41, 5.74) is 0.489. The normalized spacial score (nSPS) is 10.1. The Kier molecular flexibility index (Phi) is 4.02. The molecule has 0 aromatic carbocycles. The van der Waals surface area contributed by atoms with E-state index >= 15 is 0 Å². The van der Waals surface area contributed by atoms with Crippen LogP contribution in [0.15, 0.2) is 15.6 Å². The molecule has 0 unspecified atom stereocenters. The monoisotopic (exact) mass is 273 g/mol. The molecule has 0 aliphatic rings. The van der Waals surface area contributed by atoms with Crippen LogP contribution in [0.2, 0.25) is 0 Å². The number of hydrogen-bond acceptors (Lipinski definition) is 3. The van der Waals surface area contributed by atoms with Crippen LogP contribution in [0.1, 0.15) is 12.1 Å². The lowest BCUT2D eigenvalue weighted by atomic mass is 10.4. The Balaban J connectivity index is 2.84. The molecule has 5 nitrogen and oxygen atoms in total. The number of nitrogens with one attached hydrogen (secondary N) is 1. The molecule has 0 fully saturated rings. The summed E-state index contributed by atoms with van der Waals surface area (Å²) in [6.45, 7) is 2.08. The van der Waals surface area contributed by atoms with Gasteiger partial charge in [-0.3, -0.25) is 14.2 Å². The van der Waals surface area contributed by atoms with Crippen molar-refractivity contribution < 1.29 is 4.79 Å². The van der Waals surface area contributed by atoms with E-state index in [1.807, 2.05) is 0 Å².